The van der Waals surface area contributed by atoms with Crippen molar-refractivity contribution in [2.24, 2.45) is 5.92 Å². The van der Waals surface area contributed by atoms with Crippen LogP contribution in [0.1, 0.15) is 26.7 Å². The molecule has 1 rings (SSSR count). The van der Waals surface area contributed by atoms with E-state index >= 15 is 0 Å². The van der Waals surface area contributed by atoms with E-state index in [0.717, 1.165) is 32.7 Å². The molecule has 0 aliphatic carbocycles. The largest absolute Gasteiger partial charge is 0.380 e. The molecule has 1 saturated heterocycles. The summed E-state index contributed by atoms with van der Waals surface area (Å²) in [4.78, 5) is 0. The first-order valence-corrected chi connectivity index (χ1v) is 5.70. The second-order valence-electron chi connectivity index (χ2n) is 3.82. The summed E-state index contributed by atoms with van der Waals surface area (Å²) in [5.41, 5.74) is 0. The van der Waals surface area contributed by atoms with Gasteiger partial charge in [-0.1, -0.05) is 6.92 Å². The summed E-state index contributed by atoms with van der Waals surface area (Å²) in [5, 5.41) is 3.34. The maximum atomic E-state index is 5.68. The molecule has 0 saturated carbocycles. The minimum Gasteiger partial charge on any atom is -0.380 e. The van der Waals surface area contributed by atoms with Gasteiger partial charge >= 0.3 is 0 Å². The molecule has 1 fully saturated rings. The summed E-state index contributed by atoms with van der Waals surface area (Å²) in [6.07, 6.45) is 2.69. The predicted octanol–water partition coefficient (Wildman–Crippen LogP) is 1.43. The van der Waals surface area contributed by atoms with Crippen LogP contribution in [0.4, 0.5) is 0 Å². The lowest BCUT2D eigenvalue weighted by atomic mass is 9.92. The van der Waals surface area contributed by atoms with Crippen molar-refractivity contribution in [1.29, 1.82) is 0 Å². The Labute approximate surface area is 87.2 Å². The van der Waals surface area contributed by atoms with Crippen molar-refractivity contribution < 1.29 is 9.47 Å². The monoisotopic (exact) mass is 201 g/mol. The minimum absolute atomic E-state index is 0.424. The van der Waals surface area contributed by atoms with Crippen molar-refractivity contribution >= 4 is 0 Å². The molecule has 0 spiro atoms. The number of likely N-dealkylation sites (N-methyl/N-ethyl adjacent to an activating group) is 1. The van der Waals surface area contributed by atoms with E-state index in [1.54, 1.807) is 0 Å². The molecule has 0 aromatic carbocycles. The van der Waals surface area contributed by atoms with Crippen molar-refractivity contribution in [2.45, 2.75) is 38.8 Å². The zero-order valence-electron chi connectivity index (χ0n) is 9.58. The summed E-state index contributed by atoms with van der Waals surface area (Å²) in [7, 11) is 2.01. The average molecular weight is 201 g/mol. The minimum atomic E-state index is 0.424. The summed E-state index contributed by atoms with van der Waals surface area (Å²) in [6.45, 7) is 6.74. The highest BCUT2D eigenvalue weighted by Gasteiger charge is 2.32. The smallest absolute Gasteiger partial charge is 0.0623 e. The van der Waals surface area contributed by atoms with Gasteiger partial charge in [-0.2, -0.15) is 0 Å². The Morgan fingerprint density at radius 1 is 1.50 bits per heavy atom. The zero-order chi connectivity index (χ0) is 10.4. The highest BCUT2D eigenvalue weighted by Crippen LogP contribution is 2.26. The molecule has 0 aromatic rings. The molecule has 1 aliphatic rings. The number of ether oxygens (including phenoxy) is 2. The second-order valence-corrected chi connectivity index (χ2v) is 3.82. The van der Waals surface area contributed by atoms with Crippen LogP contribution in [0.2, 0.25) is 0 Å². The van der Waals surface area contributed by atoms with Crippen molar-refractivity contribution in [3.8, 4) is 0 Å². The first kappa shape index (κ1) is 12.0. The molecule has 3 unspecified atom stereocenters. The lowest BCUT2D eigenvalue weighted by Gasteiger charge is -2.26. The van der Waals surface area contributed by atoms with Crippen molar-refractivity contribution in [2.75, 3.05) is 26.9 Å². The van der Waals surface area contributed by atoms with Gasteiger partial charge in [-0.05, 0) is 26.8 Å². The fourth-order valence-electron chi connectivity index (χ4n) is 2.21. The van der Waals surface area contributed by atoms with Gasteiger partial charge in [0.05, 0.1) is 12.7 Å². The fourth-order valence-corrected chi connectivity index (χ4v) is 2.21. The maximum Gasteiger partial charge on any atom is 0.0623 e. The lowest BCUT2D eigenvalue weighted by molar-refractivity contribution is 0.0534. The van der Waals surface area contributed by atoms with Crippen LogP contribution < -0.4 is 5.32 Å². The molecule has 0 bridgehead atoms. The topological polar surface area (TPSA) is 30.5 Å². The third-order valence-electron chi connectivity index (χ3n) is 3.05. The molecule has 1 heterocycles. The van der Waals surface area contributed by atoms with E-state index < -0.39 is 0 Å². The van der Waals surface area contributed by atoms with E-state index in [4.69, 9.17) is 9.47 Å². The summed E-state index contributed by atoms with van der Waals surface area (Å²) in [6, 6.07) is 0.447. The normalized spacial score (nSPS) is 29.4. The Bertz CT molecular complexity index is 152. The van der Waals surface area contributed by atoms with E-state index in [2.05, 4.69) is 12.2 Å². The van der Waals surface area contributed by atoms with Gasteiger partial charge in [0.1, 0.15) is 0 Å². The molecule has 0 radical (unpaired) electrons. The Kier molecular flexibility index (Phi) is 5.45. The van der Waals surface area contributed by atoms with Crippen LogP contribution in [0.3, 0.4) is 0 Å². The van der Waals surface area contributed by atoms with Crippen LogP contribution in [0, 0.1) is 5.92 Å². The van der Waals surface area contributed by atoms with Gasteiger partial charge in [-0.25, -0.2) is 0 Å². The van der Waals surface area contributed by atoms with Crippen LogP contribution in [-0.4, -0.2) is 39.0 Å². The second kappa shape index (κ2) is 6.38. The van der Waals surface area contributed by atoms with E-state index in [1.165, 1.54) is 0 Å². The van der Waals surface area contributed by atoms with E-state index in [0.29, 0.717) is 18.1 Å². The summed E-state index contributed by atoms with van der Waals surface area (Å²) < 4.78 is 11.2. The van der Waals surface area contributed by atoms with Crippen molar-refractivity contribution in [3.63, 3.8) is 0 Å². The van der Waals surface area contributed by atoms with Crippen LogP contribution in [0.15, 0.2) is 0 Å². The molecule has 3 heteroatoms. The quantitative estimate of drug-likeness (QED) is 0.705. The van der Waals surface area contributed by atoms with Crippen molar-refractivity contribution in [3.05, 3.63) is 0 Å². The molecular weight excluding hydrogens is 178 g/mol. The number of nitrogens with one attached hydrogen (secondary N) is 1. The number of hydrogen-bond donors (Lipinski definition) is 1. The zero-order valence-corrected chi connectivity index (χ0v) is 9.58. The highest BCUT2D eigenvalue weighted by atomic mass is 16.5. The van der Waals surface area contributed by atoms with E-state index in [9.17, 15) is 0 Å². The molecular formula is C11H23NO2. The van der Waals surface area contributed by atoms with Gasteiger partial charge in [0, 0.05) is 25.2 Å². The van der Waals surface area contributed by atoms with Crippen LogP contribution in [-0.2, 0) is 9.47 Å². The third-order valence-corrected chi connectivity index (χ3v) is 3.05. The fraction of sp³-hybridized carbons (Fsp3) is 1.00. The van der Waals surface area contributed by atoms with Crippen LogP contribution >= 0.6 is 0 Å². The van der Waals surface area contributed by atoms with Gasteiger partial charge in [0.2, 0.25) is 0 Å². The maximum absolute atomic E-state index is 5.68. The molecule has 14 heavy (non-hydrogen) atoms. The Morgan fingerprint density at radius 2 is 2.29 bits per heavy atom. The molecule has 3 nitrogen and oxygen atoms in total. The standard InChI is InChI=1S/C11H23NO2/c1-4-11-9(6-7-14-11)10(12-3)8-13-5-2/h9-12H,4-8H2,1-3H3. The molecule has 0 aromatic heterocycles. The average Bonchev–Trinajstić information content (AvgIpc) is 2.67. The first-order chi connectivity index (χ1) is 6.83. The van der Waals surface area contributed by atoms with Crippen LogP contribution in [0.25, 0.3) is 0 Å². The highest BCUT2D eigenvalue weighted by molar-refractivity contribution is 4.85. The van der Waals surface area contributed by atoms with Gasteiger partial charge in [-0.15, -0.1) is 0 Å². The molecule has 3 atom stereocenters. The van der Waals surface area contributed by atoms with Gasteiger partial charge in [0.15, 0.2) is 0 Å². The molecule has 1 N–H and O–H groups in total. The first-order valence-electron chi connectivity index (χ1n) is 5.70. The van der Waals surface area contributed by atoms with Gasteiger partial charge in [0.25, 0.3) is 0 Å². The third kappa shape index (κ3) is 2.94. The summed E-state index contributed by atoms with van der Waals surface area (Å²) >= 11 is 0. The van der Waals surface area contributed by atoms with Gasteiger partial charge in [-0.3, -0.25) is 0 Å². The summed E-state index contributed by atoms with van der Waals surface area (Å²) in [5.74, 6) is 0.622. The Balaban J connectivity index is 2.41. The molecule has 1 aliphatic heterocycles. The van der Waals surface area contributed by atoms with E-state index in [-0.39, 0.29) is 0 Å². The Morgan fingerprint density at radius 3 is 2.86 bits per heavy atom. The number of rotatable bonds is 6. The SMILES string of the molecule is CCOCC(NC)C1CCOC1CC. The lowest BCUT2D eigenvalue weighted by Crippen LogP contribution is -2.41. The van der Waals surface area contributed by atoms with Crippen LogP contribution in [0.5, 0.6) is 0 Å². The Hall–Kier alpha value is -0.120. The molecule has 84 valence electrons. The molecule has 0 amide bonds. The number of hydrogen-bond acceptors (Lipinski definition) is 3. The predicted molar refractivity (Wildman–Crippen MR) is 57.5 cm³/mol. The van der Waals surface area contributed by atoms with Crippen molar-refractivity contribution in [1.82, 2.24) is 5.32 Å². The van der Waals surface area contributed by atoms with Gasteiger partial charge < -0.3 is 14.8 Å². The van der Waals surface area contributed by atoms with E-state index in [1.807, 2.05) is 14.0 Å².